The first-order valence-electron chi connectivity index (χ1n) is 6.12. The summed E-state index contributed by atoms with van der Waals surface area (Å²) in [6.07, 6.45) is 0. The fraction of sp³-hybridized carbons (Fsp3) is 0.0714. The van der Waals surface area contributed by atoms with Gasteiger partial charge in [-0.05, 0) is 30.3 Å². The number of ether oxygens (including phenoxy) is 1. The van der Waals surface area contributed by atoms with Crippen molar-refractivity contribution in [1.29, 1.82) is 0 Å². The van der Waals surface area contributed by atoms with Gasteiger partial charge < -0.3 is 4.74 Å². The Hall–Kier alpha value is -1.67. The molecule has 0 radical (unpaired) electrons. The van der Waals surface area contributed by atoms with Crippen molar-refractivity contribution in [3.63, 3.8) is 0 Å². The van der Waals surface area contributed by atoms with Crippen LogP contribution in [0.15, 0.2) is 41.3 Å². The molecule has 23 heavy (non-hydrogen) atoms. The summed E-state index contributed by atoms with van der Waals surface area (Å²) in [5.41, 5.74) is 0.360. The summed E-state index contributed by atoms with van der Waals surface area (Å²) in [5.74, 6) is -1.31. The molecule has 0 amide bonds. The maximum atomic E-state index is 12.9. The fourth-order valence-corrected chi connectivity index (χ4v) is 3.01. The van der Waals surface area contributed by atoms with Crippen LogP contribution in [0.2, 0.25) is 10.0 Å². The molecule has 2 rings (SSSR count). The molecule has 0 aromatic heterocycles. The van der Waals surface area contributed by atoms with E-state index >= 15 is 0 Å². The van der Waals surface area contributed by atoms with E-state index in [1.165, 1.54) is 24.3 Å². The number of esters is 1. The van der Waals surface area contributed by atoms with Crippen LogP contribution in [-0.4, -0.2) is 14.4 Å². The second kappa shape index (κ2) is 6.84. The van der Waals surface area contributed by atoms with E-state index in [4.69, 9.17) is 33.1 Å². The SMILES string of the molecule is NS(=O)(=O)c1cc(C(=O)OCc2ccc(F)cc2Cl)ccc1Cl. The Balaban J connectivity index is 2.18. The molecule has 0 aliphatic rings. The Kier molecular flexibility index (Phi) is 5.26. The minimum atomic E-state index is -4.07. The number of hydrogen-bond donors (Lipinski definition) is 1. The van der Waals surface area contributed by atoms with Crippen molar-refractivity contribution in [1.82, 2.24) is 0 Å². The zero-order chi connectivity index (χ0) is 17.2. The number of sulfonamides is 1. The standard InChI is InChI=1S/C14H10Cl2FNO4S/c15-11-4-2-8(5-13(11)23(18,20)21)14(19)22-7-9-1-3-10(17)6-12(9)16/h1-6H,7H2,(H2,18,20,21). The van der Waals surface area contributed by atoms with Crippen molar-refractivity contribution >= 4 is 39.2 Å². The third kappa shape index (κ3) is 4.42. The van der Waals surface area contributed by atoms with Crippen molar-refractivity contribution < 1.29 is 22.3 Å². The van der Waals surface area contributed by atoms with Crippen molar-refractivity contribution in [2.75, 3.05) is 0 Å². The Labute approximate surface area is 141 Å². The van der Waals surface area contributed by atoms with Crippen LogP contribution in [0.5, 0.6) is 0 Å². The minimum absolute atomic E-state index is 0.0448. The van der Waals surface area contributed by atoms with Gasteiger partial charge in [-0.2, -0.15) is 0 Å². The van der Waals surface area contributed by atoms with Gasteiger partial charge in [-0.3, -0.25) is 0 Å². The average Bonchev–Trinajstić information content (AvgIpc) is 2.45. The van der Waals surface area contributed by atoms with Crippen LogP contribution in [0.3, 0.4) is 0 Å². The topological polar surface area (TPSA) is 86.5 Å². The van der Waals surface area contributed by atoms with Crippen LogP contribution < -0.4 is 5.14 Å². The maximum Gasteiger partial charge on any atom is 0.338 e. The van der Waals surface area contributed by atoms with Crippen molar-refractivity contribution in [2.45, 2.75) is 11.5 Å². The molecule has 0 heterocycles. The molecular formula is C14H10Cl2FNO4S. The van der Waals surface area contributed by atoms with Gasteiger partial charge >= 0.3 is 5.97 Å². The summed E-state index contributed by atoms with van der Waals surface area (Å²) in [5, 5.41) is 5.01. The highest BCUT2D eigenvalue weighted by Gasteiger charge is 2.17. The molecule has 5 nitrogen and oxygen atoms in total. The minimum Gasteiger partial charge on any atom is -0.457 e. The molecule has 0 bridgehead atoms. The lowest BCUT2D eigenvalue weighted by molar-refractivity contribution is 0.0472. The van der Waals surface area contributed by atoms with E-state index in [-0.39, 0.29) is 27.1 Å². The van der Waals surface area contributed by atoms with E-state index < -0.39 is 21.8 Å². The summed E-state index contributed by atoms with van der Waals surface area (Å²) in [4.78, 5) is 11.6. The number of hydrogen-bond acceptors (Lipinski definition) is 4. The Morgan fingerprint density at radius 3 is 2.43 bits per heavy atom. The Morgan fingerprint density at radius 1 is 1.13 bits per heavy atom. The number of benzene rings is 2. The molecule has 0 aliphatic heterocycles. The zero-order valence-electron chi connectivity index (χ0n) is 11.4. The lowest BCUT2D eigenvalue weighted by Crippen LogP contribution is -2.14. The van der Waals surface area contributed by atoms with Gasteiger partial charge in [0.2, 0.25) is 10.0 Å². The third-order valence-corrected chi connectivity index (χ3v) is 4.59. The molecule has 122 valence electrons. The second-order valence-electron chi connectivity index (χ2n) is 4.50. The predicted molar refractivity (Wildman–Crippen MR) is 83.4 cm³/mol. The molecule has 0 saturated carbocycles. The third-order valence-electron chi connectivity index (χ3n) is 2.85. The van der Waals surface area contributed by atoms with E-state index in [9.17, 15) is 17.6 Å². The van der Waals surface area contributed by atoms with Gasteiger partial charge in [0.1, 0.15) is 17.3 Å². The zero-order valence-corrected chi connectivity index (χ0v) is 13.8. The van der Waals surface area contributed by atoms with Crippen molar-refractivity contribution in [2.24, 2.45) is 5.14 Å². The van der Waals surface area contributed by atoms with Crippen molar-refractivity contribution in [3.05, 3.63) is 63.4 Å². The quantitative estimate of drug-likeness (QED) is 0.829. The van der Waals surface area contributed by atoms with E-state index in [1.54, 1.807) is 0 Å². The molecule has 0 spiro atoms. The van der Waals surface area contributed by atoms with Crippen LogP contribution in [0.4, 0.5) is 4.39 Å². The molecule has 2 N–H and O–H groups in total. The summed E-state index contributed by atoms with van der Waals surface area (Å²) < 4.78 is 40.7. The van der Waals surface area contributed by atoms with Crippen LogP contribution in [0, 0.1) is 5.82 Å². The molecule has 2 aromatic rings. The van der Waals surface area contributed by atoms with Gasteiger partial charge in [0.25, 0.3) is 0 Å². The molecular weight excluding hydrogens is 368 g/mol. The normalized spacial score (nSPS) is 11.3. The van der Waals surface area contributed by atoms with Gasteiger partial charge in [-0.15, -0.1) is 0 Å². The first kappa shape index (κ1) is 17.7. The highest BCUT2D eigenvalue weighted by atomic mass is 35.5. The van der Waals surface area contributed by atoms with Gasteiger partial charge in [0.15, 0.2) is 0 Å². The van der Waals surface area contributed by atoms with Crippen LogP contribution in [0.25, 0.3) is 0 Å². The van der Waals surface area contributed by atoms with Gasteiger partial charge in [0.05, 0.1) is 15.6 Å². The highest BCUT2D eigenvalue weighted by molar-refractivity contribution is 7.89. The number of halogens is 3. The van der Waals surface area contributed by atoms with Gasteiger partial charge in [0, 0.05) is 5.56 Å². The average molecular weight is 378 g/mol. The fourth-order valence-electron chi connectivity index (χ4n) is 1.71. The maximum absolute atomic E-state index is 12.9. The van der Waals surface area contributed by atoms with Crippen LogP contribution in [-0.2, 0) is 21.4 Å². The van der Waals surface area contributed by atoms with E-state index in [1.807, 2.05) is 0 Å². The molecule has 9 heteroatoms. The van der Waals surface area contributed by atoms with Crippen LogP contribution in [0.1, 0.15) is 15.9 Å². The largest absolute Gasteiger partial charge is 0.457 e. The highest BCUT2D eigenvalue weighted by Crippen LogP contribution is 2.23. The number of rotatable bonds is 4. The molecule has 0 aliphatic carbocycles. The molecule has 0 atom stereocenters. The molecule has 2 aromatic carbocycles. The summed E-state index contributed by atoms with van der Waals surface area (Å²) in [6, 6.07) is 7.19. The Bertz CT molecular complexity index is 871. The van der Waals surface area contributed by atoms with Crippen LogP contribution >= 0.6 is 23.2 Å². The number of carbonyl (C=O) groups is 1. The monoisotopic (exact) mass is 377 g/mol. The number of primary sulfonamides is 1. The van der Waals surface area contributed by atoms with E-state index in [0.29, 0.717) is 5.56 Å². The summed E-state index contributed by atoms with van der Waals surface area (Å²) in [7, 11) is -4.07. The van der Waals surface area contributed by atoms with Gasteiger partial charge in [-0.25, -0.2) is 22.7 Å². The molecule has 0 saturated heterocycles. The lowest BCUT2D eigenvalue weighted by Gasteiger charge is -2.08. The first-order valence-corrected chi connectivity index (χ1v) is 8.42. The summed E-state index contributed by atoms with van der Waals surface area (Å²) in [6.45, 7) is -0.203. The summed E-state index contributed by atoms with van der Waals surface area (Å²) >= 11 is 11.6. The predicted octanol–water partition coefficient (Wildman–Crippen LogP) is 3.14. The Morgan fingerprint density at radius 2 is 1.83 bits per heavy atom. The molecule has 0 fully saturated rings. The number of carbonyl (C=O) groups excluding carboxylic acids is 1. The smallest absolute Gasteiger partial charge is 0.338 e. The lowest BCUT2D eigenvalue weighted by atomic mass is 10.2. The van der Waals surface area contributed by atoms with E-state index in [2.05, 4.69) is 0 Å². The second-order valence-corrected chi connectivity index (χ2v) is 6.85. The van der Waals surface area contributed by atoms with Crippen molar-refractivity contribution in [3.8, 4) is 0 Å². The van der Waals surface area contributed by atoms with Gasteiger partial charge in [-0.1, -0.05) is 29.3 Å². The first-order chi connectivity index (χ1) is 10.7. The molecule has 0 unspecified atom stereocenters. The number of nitrogens with two attached hydrogens (primary N) is 1. The van der Waals surface area contributed by atoms with E-state index in [0.717, 1.165) is 12.1 Å².